The summed E-state index contributed by atoms with van der Waals surface area (Å²) in [6, 6.07) is 0. The van der Waals surface area contributed by atoms with Gasteiger partial charge in [0.25, 0.3) is 0 Å². The van der Waals surface area contributed by atoms with E-state index in [0.717, 1.165) is 11.7 Å². The molecule has 0 aliphatic heterocycles. The summed E-state index contributed by atoms with van der Waals surface area (Å²) in [5.41, 5.74) is 2.63. The van der Waals surface area contributed by atoms with Gasteiger partial charge in [0.2, 0.25) is 5.13 Å². The lowest BCUT2D eigenvalue weighted by atomic mass is 10.8. The minimum Gasteiger partial charge on any atom is -0.360 e. The molecule has 8 heavy (non-hydrogen) atoms. The Morgan fingerprint density at radius 2 is 2.75 bits per heavy atom. The van der Waals surface area contributed by atoms with Crippen LogP contribution in [-0.4, -0.2) is 16.7 Å². The molecule has 0 aliphatic carbocycles. The van der Waals surface area contributed by atoms with Crippen molar-refractivity contribution in [1.29, 1.82) is 0 Å². The molecule has 0 atom stereocenters. The quantitative estimate of drug-likeness (QED) is 0.639. The first kappa shape index (κ1) is 5.50. The molecule has 0 bridgehead atoms. The molecular formula is C4H6N3S. The summed E-state index contributed by atoms with van der Waals surface area (Å²) in [5.74, 6) is 0. The first-order valence-electron chi connectivity index (χ1n) is 2.37. The van der Waals surface area contributed by atoms with Crippen molar-refractivity contribution in [3.63, 3.8) is 0 Å². The predicted octanol–water partition coefficient (Wildman–Crippen LogP) is 0.770. The Morgan fingerprint density at radius 3 is 3.25 bits per heavy atom. The van der Waals surface area contributed by atoms with Crippen LogP contribution in [0.15, 0.2) is 0 Å². The van der Waals surface area contributed by atoms with Crippen LogP contribution in [0.25, 0.3) is 0 Å². The molecule has 0 saturated carbocycles. The topological polar surface area (TPSA) is 37.8 Å². The van der Waals surface area contributed by atoms with E-state index in [1.165, 1.54) is 11.3 Å². The zero-order chi connectivity index (χ0) is 5.82. The van der Waals surface area contributed by atoms with Crippen molar-refractivity contribution in [1.82, 2.24) is 10.2 Å². The number of nitrogens with one attached hydrogen (secondary N) is 1. The second kappa shape index (κ2) is 2.61. The SMILES string of the molecule is CCNc1nn[c]s1. The summed E-state index contributed by atoms with van der Waals surface area (Å²) >= 11 is 1.39. The van der Waals surface area contributed by atoms with Gasteiger partial charge < -0.3 is 5.32 Å². The molecule has 1 radical (unpaired) electrons. The molecule has 1 N–H and O–H groups in total. The van der Waals surface area contributed by atoms with Crippen molar-refractivity contribution >= 4 is 16.5 Å². The van der Waals surface area contributed by atoms with Gasteiger partial charge in [-0.1, -0.05) is 11.3 Å². The van der Waals surface area contributed by atoms with Gasteiger partial charge in [-0.15, -0.1) is 10.2 Å². The summed E-state index contributed by atoms with van der Waals surface area (Å²) in [7, 11) is 0. The first-order valence-corrected chi connectivity index (χ1v) is 3.18. The number of aromatic nitrogens is 2. The third-order valence-electron chi connectivity index (χ3n) is 0.652. The van der Waals surface area contributed by atoms with Crippen molar-refractivity contribution in [2.24, 2.45) is 0 Å². The average Bonchev–Trinajstić information content (AvgIpc) is 2.19. The summed E-state index contributed by atoms with van der Waals surface area (Å²) < 4.78 is 0. The van der Waals surface area contributed by atoms with Crippen LogP contribution in [-0.2, 0) is 0 Å². The molecule has 0 aliphatic rings. The van der Waals surface area contributed by atoms with Gasteiger partial charge in [0.05, 0.1) is 0 Å². The highest BCUT2D eigenvalue weighted by Gasteiger charge is 1.88. The number of rotatable bonds is 2. The highest BCUT2D eigenvalue weighted by molar-refractivity contribution is 7.12. The van der Waals surface area contributed by atoms with Crippen molar-refractivity contribution in [3.05, 3.63) is 5.51 Å². The highest BCUT2D eigenvalue weighted by atomic mass is 32.1. The van der Waals surface area contributed by atoms with Gasteiger partial charge in [0, 0.05) is 6.54 Å². The van der Waals surface area contributed by atoms with E-state index in [1.54, 1.807) is 0 Å². The number of hydrogen-bond acceptors (Lipinski definition) is 4. The van der Waals surface area contributed by atoms with Crippen LogP contribution in [0.5, 0.6) is 0 Å². The molecule has 0 spiro atoms. The molecule has 0 fully saturated rings. The van der Waals surface area contributed by atoms with Crippen LogP contribution in [0.2, 0.25) is 0 Å². The lowest BCUT2D eigenvalue weighted by Gasteiger charge is -1.89. The van der Waals surface area contributed by atoms with Crippen molar-refractivity contribution in [3.8, 4) is 0 Å². The first-order chi connectivity index (χ1) is 3.93. The van der Waals surface area contributed by atoms with Crippen LogP contribution in [0.3, 0.4) is 0 Å². The van der Waals surface area contributed by atoms with Gasteiger partial charge in [-0.2, -0.15) is 0 Å². The van der Waals surface area contributed by atoms with Crippen molar-refractivity contribution in [2.45, 2.75) is 6.92 Å². The molecule has 0 saturated heterocycles. The molecule has 1 rings (SSSR count). The van der Waals surface area contributed by atoms with Gasteiger partial charge in [-0.3, -0.25) is 0 Å². The van der Waals surface area contributed by atoms with E-state index in [2.05, 4.69) is 21.0 Å². The Kier molecular flexibility index (Phi) is 1.80. The Bertz CT molecular complexity index is 137. The normalized spacial score (nSPS) is 9.12. The Hall–Kier alpha value is -0.640. The second-order valence-electron chi connectivity index (χ2n) is 1.23. The van der Waals surface area contributed by atoms with Gasteiger partial charge in [0.15, 0.2) is 5.51 Å². The van der Waals surface area contributed by atoms with E-state index in [-0.39, 0.29) is 0 Å². The van der Waals surface area contributed by atoms with E-state index in [9.17, 15) is 0 Å². The highest BCUT2D eigenvalue weighted by Crippen LogP contribution is 2.05. The summed E-state index contributed by atoms with van der Waals surface area (Å²) in [6.07, 6.45) is 0. The van der Waals surface area contributed by atoms with Crippen LogP contribution >= 0.6 is 11.3 Å². The molecule has 1 aromatic heterocycles. The fourth-order valence-electron chi connectivity index (χ4n) is 0.373. The molecule has 43 valence electrons. The lowest BCUT2D eigenvalue weighted by Crippen LogP contribution is -1.94. The molecule has 1 aromatic rings. The van der Waals surface area contributed by atoms with Gasteiger partial charge in [-0.05, 0) is 6.92 Å². The van der Waals surface area contributed by atoms with Crippen molar-refractivity contribution < 1.29 is 0 Å². The standard InChI is InChI=1S/C4H6N3S/c1-2-5-4-7-6-3-8-4/h2H2,1H3,(H,5,7). The monoisotopic (exact) mass is 128 g/mol. The Morgan fingerprint density at radius 1 is 1.88 bits per heavy atom. The minimum absolute atomic E-state index is 0.840. The van der Waals surface area contributed by atoms with Crippen LogP contribution in [0, 0.1) is 5.51 Å². The third kappa shape index (κ3) is 1.16. The average molecular weight is 128 g/mol. The molecule has 0 unspecified atom stereocenters. The predicted molar refractivity (Wildman–Crippen MR) is 32.9 cm³/mol. The maximum Gasteiger partial charge on any atom is 0.206 e. The lowest BCUT2D eigenvalue weighted by molar-refractivity contribution is 1.06. The fourth-order valence-corrected chi connectivity index (χ4v) is 0.839. The summed E-state index contributed by atoms with van der Waals surface area (Å²) in [4.78, 5) is 0. The number of anilines is 1. The molecule has 3 nitrogen and oxygen atoms in total. The minimum atomic E-state index is 0.840. The van der Waals surface area contributed by atoms with Gasteiger partial charge >= 0.3 is 0 Å². The van der Waals surface area contributed by atoms with E-state index < -0.39 is 0 Å². The number of nitrogens with zero attached hydrogens (tertiary/aromatic N) is 2. The van der Waals surface area contributed by atoms with Crippen LogP contribution in [0.1, 0.15) is 6.92 Å². The van der Waals surface area contributed by atoms with Crippen LogP contribution < -0.4 is 5.32 Å². The molecule has 0 aromatic carbocycles. The zero-order valence-corrected chi connectivity index (χ0v) is 5.33. The van der Waals surface area contributed by atoms with E-state index in [0.29, 0.717) is 0 Å². The molecule has 1 heterocycles. The fraction of sp³-hybridized carbons (Fsp3) is 0.500. The Balaban J connectivity index is 2.50. The van der Waals surface area contributed by atoms with E-state index >= 15 is 0 Å². The maximum atomic E-state index is 3.71. The number of hydrogen-bond donors (Lipinski definition) is 1. The van der Waals surface area contributed by atoms with Crippen LogP contribution in [0.4, 0.5) is 5.13 Å². The maximum absolute atomic E-state index is 3.71. The summed E-state index contributed by atoms with van der Waals surface area (Å²) in [5, 5.41) is 11.1. The zero-order valence-electron chi connectivity index (χ0n) is 4.51. The van der Waals surface area contributed by atoms with E-state index in [1.807, 2.05) is 6.92 Å². The third-order valence-corrected chi connectivity index (χ3v) is 1.24. The van der Waals surface area contributed by atoms with Gasteiger partial charge in [0.1, 0.15) is 0 Å². The smallest absolute Gasteiger partial charge is 0.206 e. The van der Waals surface area contributed by atoms with Gasteiger partial charge in [-0.25, -0.2) is 0 Å². The second-order valence-corrected chi connectivity index (χ2v) is 2.00. The molecule has 4 heteroatoms. The van der Waals surface area contributed by atoms with Crippen molar-refractivity contribution in [2.75, 3.05) is 11.9 Å². The molecule has 0 amide bonds. The Labute approximate surface area is 51.8 Å². The largest absolute Gasteiger partial charge is 0.360 e. The summed E-state index contributed by atoms with van der Waals surface area (Å²) in [6.45, 7) is 2.91. The van der Waals surface area contributed by atoms with E-state index in [4.69, 9.17) is 0 Å². The molecular weight excluding hydrogens is 122 g/mol.